The third-order valence-electron chi connectivity index (χ3n) is 3.66. The second-order valence-corrected chi connectivity index (χ2v) is 6.64. The van der Waals surface area contributed by atoms with Crippen molar-refractivity contribution >= 4 is 17.7 Å². The van der Waals surface area contributed by atoms with E-state index < -0.39 is 23.7 Å². The second-order valence-electron chi connectivity index (χ2n) is 6.64. The first-order valence-corrected chi connectivity index (χ1v) is 7.79. The minimum atomic E-state index is -0.665. The van der Waals surface area contributed by atoms with Gasteiger partial charge in [-0.05, 0) is 45.0 Å². The molecule has 1 heterocycles. The van der Waals surface area contributed by atoms with E-state index in [9.17, 15) is 14.0 Å². The summed E-state index contributed by atoms with van der Waals surface area (Å²) in [7, 11) is 1.30. The maximum atomic E-state index is 13.1. The van der Waals surface area contributed by atoms with Crippen LogP contribution in [-0.2, 0) is 14.3 Å². The van der Waals surface area contributed by atoms with Crippen LogP contribution < -0.4 is 4.90 Å². The lowest BCUT2D eigenvalue weighted by Gasteiger charge is -2.41. The summed E-state index contributed by atoms with van der Waals surface area (Å²) >= 11 is 0. The standard InChI is InChI=1S/C17H23FN2O4/c1-17(2,3)24-16(22)19-9-10-20(14(11-19)15(21)23-4)13-7-5-12(18)6-8-13/h5-8,14H,9-11H2,1-4H3. The first-order chi connectivity index (χ1) is 11.2. The van der Waals surface area contributed by atoms with Gasteiger partial charge in [0.1, 0.15) is 17.5 Å². The van der Waals surface area contributed by atoms with Crippen molar-refractivity contribution < 1.29 is 23.5 Å². The average molecular weight is 338 g/mol. The minimum Gasteiger partial charge on any atom is -0.467 e. The number of benzene rings is 1. The Morgan fingerprint density at radius 3 is 2.33 bits per heavy atom. The highest BCUT2D eigenvalue weighted by molar-refractivity contribution is 5.82. The summed E-state index contributed by atoms with van der Waals surface area (Å²) in [6.07, 6.45) is -0.463. The molecular formula is C17H23FN2O4. The van der Waals surface area contributed by atoms with Gasteiger partial charge in [0.05, 0.1) is 13.7 Å². The Morgan fingerprint density at radius 1 is 1.17 bits per heavy atom. The smallest absolute Gasteiger partial charge is 0.410 e. The molecule has 1 aromatic carbocycles. The third kappa shape index (κ3) is 4.37. The summed E-state index contributed by atoms with van der Waals surface area (Å²) in [5.74, 6) is -0.798. The van der Waals surface area contributed by atoms with Gasteiger partial charge in [0.25, 0.3) is 0 Å². The van der Waals surface area contributed by atoms with Crippen LogP contribution in [0.25, 0.3) is 0 Å². The third-order valence-corrected chi connectivity index (χ3v) is 3.66. The van der Waals surface area contributed by atoms with E-state index in [0.717, 1.165) is 0 Å². The molecule has 0 aliphatic carbocycles. The Morgan fingerprint density at radius 2 is 1.79 bits per heavy atom. The van der Waals surface area contributed by atoms with Gasteiger partial charge in [0.2, 0.25) is 0 Å². The predicted octanol–water partition coefficient (Wildman–Crippen LogP) is 2.42. The first kappa shape index (κ1) is 18.0. The Balaban J connectivity index is 2.17. The van der Waals surface area contributed by atoms with Gasteiger partial charge in [-0.15, -0.1) is 0 Å². The number of amides is 1. The maximum absolute atomic E-state index is 13.1. The number of anilines is 1. The van der Waals surface area contributed by atoms with Gasteiger partial charge in [0.15, 0.2) is 0 Å². The van der Waals surface area contributed by atoms with Gasteiger partial charge in [-0.3, -0.25) is 0 Å². The zero-order valence-corrected chi connectivity index (χ0v) is 14.4. The Labute approximate surface area is 141 Å². The summed E-state index contributed by atoms with van der Waals surface area (Å²) in [6.45, 7) is 6.34. The summed E-state index contributed by atoms with van der Waals surface area (Å²) in [4.78, 5) is 27.7. The second kappa shape index (κ2) is 7.07. The lowest BCUT2D eigenvalue weighted by atomic mass is 10.1. The number of esters is 1. The van der Waals surface area contributed by atoms with E-state index in [1.165, 1.54) is 24.1 Å². The lowest BCUT2D eigenvalue weighted by Crippen LogP contribution is -2.58. The largest absolute Gasteiger partial charge is 0.467 e. The van der Waals surface area contributed by atoms with Crippen LogP contribution in [0.1, 0.15) is 20.8 Å². The van der Waals surface area contributed by atoms with E-state index in [1.54, 1.807) is 32.9 Å². The Hall–Kier alpha value is -2.31. The van der Waals surface area contributed by atoms with E-state index in [2.05, 4.69) is 0 Å². The molecule has 1 saturated heterocycles. The number of methoxy groups -OCH3 is 1. The molecule has 1 aliphatic rings. The highest BCUT2D eigenvalue weighted by Gasteiger charge is 2.36. The Bertz CT molecular complexity index is 598. The molecule has 1 aliphatic heterocycles. The summed E-state index contributed by atoms with van der Waals surface area (Å²) in [6, 6.07) is 5.22. The number of carbonyl (C=O) groups is 2. The normalized spacial score (nSPS) is 18.3. The van der Waals surface area contributed by atoms with Crippen molar-refractivity contribution in [2.24, 2.45) is 0 Å². The summed E-state index contributed by atoms with van der Waals surface area (Å²) < 4.78 is 23.3. The number of carbonyl (C=O) groups excluding carboxylic acids is 2. The SMILES string of the molecule is COC(=O)C1CN(C(=O)OC(C)(C)C)CCN1c1ccc(F)cc1. The van der Waals surface area contributed by atoms with E-state index in [0.29, 0.717) is 18.8 Å². The number of halogens is 1. The monoisotopic (exact) mass is 338 g/mol. The number of hydrogen-bond donors (Lipinski definition) is 0. The van der Waals surface area contributed by atoms with Crippen molar-refractivity contribution in [2.45, 2.75) is 32.4 Å². The summed E-state index contributed by atoms with van der Waals surface area (Å²) in [5.41, 5.74) is 0.0991. The fourth-order valence-corrected chi connectivity index (χ4v) is 2.55. The topological polar surface area (TPSA) is 59.1 Å². The molecule has 0 aromatic heterocycles. The van der Waals surface area contributed by atoms with Gasteiger partial charge in [-0.25, -0.2) is 14.0 Å². The quantitative estimate of drug-likeness (QED) is 0.775. The molecule has 2 rings (SSSR count). The lowest BCUT2D eigenvalue weighted by molar-refractivity contribution is -0.143. The van der Waals surface area contributed by atoms with Crippen molar-refractivity contribution in [1.29, 1.82) is 0 Å². The van der Waals surface area contributed by atoms with E-state index in [4.69, 9.17) is 9.47 Å². The van der Waals surface area contributed by atoms with Crippen LogP contribution in [0.3, 0.4) is 0 Å². The van der Waals surface area contributed by atoms with Gasteiger partial charge in [-0.2, -0.15) is 0 Å². The molecule has 1 atom stereocenters. The molecule has 0 radical (unpaired) electrons. The zero-order chi connectivity index (χ0) is 17.9. The molecule has 1 aromatic rings. The molecular weight excluding hydrogens is 315 g/mol. The fraction of sp³-hybridized carbons (Fsp3) is 0.529. The number of hydrogen-bond acceptors (Lipinski definition) is 5. The number of ether oxygens (including phenoxy) is 2. The molecule has 6 nitrogen and oxygen atoms in total. The number of nitrogens with zero attached hydrogens (tertiary/aromatic N) is 2. The van der Waals surface area contributed by atoms with Crippen LogP contribution in [0.2, 0.25) is 0 Å². The first-order valence-electron chi connectivity index (χ1n) is 7.79. The Kier molecular flexibility index (Phi) is 5.31. The van der Waals surface area contributed by atoms with Gasteiger partial charge in [0, 0.05) is 18.8 Å². The highest BCUT2D eigenvalue weighted by Crippen LogP contribution is 2.23. The summed E-state index contributed by atoms with van der Waals surface area (Å²) in [5, 5.41) is 0. The van der Waals surface area contributed by atoms with E-state index in [-0.39, 0.29) is 12.4 Å². The predicted molar refractivity (Wildman–Crippen MR) is 87.4 cm³/mol. The van der Waals surface area contributed by atoms with Crippen LogP contribution in [0.15, 0.2) is 24.3 Å². The van der Waals surface area contributed by atoms with Crippen LogP contribution in [-0.4, -0.2) is 55.3 Å². The molecule has 0 N–H and O–H groups in total. The minimum absolute atomic E-state index is 0.152. The van der Waals surface area contributed by atoms with E-state index in [1.807, 2.05) is 4.90 Å². The van der Waals surface area contributed by atoms with E-state index >= 15 is 0 Å². The number of rotatable bonds is 2. The van der Waals surface area contributed by atoms with Crippen LogP contribution in [0.4, 0.5) is 14.9 Å². The molecule has 0 bridgehead atoms. The van der Waals surface area contributed by atoms with Crippen molar-refractivity contribution in [2.75, 3.05) is 31.6 Å². The van der Waals surface area contributed by atoms with Gasteiger partial charge >= 0.3 is 12.1 Å². The van der Waals surface area contributed by atoms with Crippen LogP contribution >= 0.6 is 0 Å². The molecule has 24 heavy (non-hydrogen) atoms. The fourth-order valence-electron chi connectivity index (χ4n) is 2.55. The molecule has 1 fully saturated rings. The van der Waals surface area contributed by atoms with Crippen molar-refractivity contribution in [3.63, 3.8) is 0 Å². The zero-order valence-electron chi connectivity index (χ0n) is 14.4. The molecule has 0 spiro atoms. The molecule has 0 saturated carbocycles. The molecule has 1 unspecified atom stereocenters. The maximum Gasteiger partial charge on any atom is 0.410 e. The van der Waals surface area contributed by atoms with Crippen LogP contribution in [0, 0.1) is 5.82 Å². The van der Waals surface area contributed by atoms with Gasteiger partial charge < -0.3 is 19.3 Å². The molecule has 132 valence electrons. The molecule has 7 heteroatoms. The van der Waals surface area contributed by atoms with Crippen molar-refractivity contribution in [3.8, 4) is 0 Å². The van der Waals surface area contributed by atoms with Crippen molar-refractivity contribution in [1.82, 2.24) is 4.90 Å². The highest BCUT2D eigenvalue weighted by atomic mass is 19.1. The van der Waals surface area contributed by atoms with Crippen LogP contribution in [0.5, 0.6) is 0 Å². The molecule has 1 amide bonds. The van der Waals surface area contributed by atoms with Crippen molar-refractivity contribution in [3.05, 3.63) is 30.1 Å². The van der Waals surface area contributed by atoms with Gasteiger partial charge in [-0.1, -0.05) is 0 Å². The number of piperazine rings is 1. The average Bonchev–Trinajstić information content (AvgIpc) is 2.52.